The summed E-state index contributed by atoms with van der Waals surface area (Å²) in [5.74, 6) is 1.06. The number of ether oxygens (including phenoxy) is 2. The van der Waals surface area contributed by atoms with Crippen LogP contribution in [0.25, 0.3) is 0 Å². The van der Waals surface area contributed by atoms with Gasteiger partial charge in [-0.05, 0) is 37.8 Å². The Hall–Kier alpha value is -0.736. The molecule has 0 N–H and O–H groups in total. The molecule has 149 valence electrons. The van der Waals surface area contributed by atoms with Gasteiger partial charge in [0, 0.05) is 51.8 Å². The van der Waals surface area contributed by atoms with Crippen LogP contribution in [0.5, 0.6) is 5.75 Å². The molecular weight excluding hydrogens is 423 g/mol. The predicted molar refractivity (Wildman–Crippen MR) is 111 cm³/mol. The Morgan fingerprint density at radius 1 is 0.929 bits per heavy atom. The average Bonchev–Trinajstić information content (AvgIpc) is 2.87. The Kier molecular flexibility index (Phi) is 9.63. The van der Waals surface area contributed by atoms with Crippen LogP contribution in [0.4, 0.5) is 0 Å². The molecule has 2 aromatic carbocycles. The molecule has 3 rings (SSSR count). The molecule has 1 heterocycles. The molecule has 0 bridgehead atoms. The van der Waals surface area contributed by atoms with Gasteiger partial charge in [0.25, 0.3) is 0 Å². The van der Waals surface area contributed by atoms with Crippen LogP contribution in [-0.4, -0.2) is 43.9 Å². The number of methoxy groups -OCH3 is 1. The van der Waals surface area contributed by atoms with Gasteiger partial charge in [0.2, 0.25) is 0 Å². The van der Waals surface area contributed by atoms with Crippen molar-refractivity contribution in [1.82, 2.24) is 0 Å². The smallest absolute Gasteiger partial charge is 0.137 e. The SMILES string of the molecule is COC1CCC[N+](CCOc2c(C)cccc2C)(Cc2ccccc2)CC1.[Y]. The first kappa shape index (κ1) is 23.5. The number of nitrogens with zero attached hydrogens (tertiary/aromatic N) is 1. The molecule has 2 aromatic rings. The van der Waals surface area contributed by atoms with Crippen molar-refractivity contribution in [2.75, 3.05) is 33.4 Å². The first-order chi connectivity index (χ1) is 13.1. The molecule has 2 atom stereocenters. The number of hydrogen-bond acceptors (Lipinski definition) is 2. The maximum atomic E-state index is 6.28. The van der Waals surface area contributed by atoms with E-state index >= 15 is 0 Å². The van der Waals surface area contributed by atoms with Crippen LogP contribution in [0.2, 0.25) is 0 Å². The Morgan fingerprint density at radius 2 is 1.64 bits per heavy atom. The Morgan fingerprint density at radius 3 is 2.32 bits per heavy atom. The fourth-order valence-corrected chi connectivity index (χ4v) is 4.36. The van der Waals surface area contributed by atoms with E-state index in [4.69, 9.17) is 9.47 Å². The van der Waals surface area contributed by atoms with Gasteiger partial charge < -0.3 is 14.0 Å². The van der Waals surface area contributed by atoms with Crippen molar-refractivity contribution in [1.29, 1.82) is 0 Å². The zero-order valence-electron chi connectivity index (χ0n) is 17.7. The summed E-state index contributed by atoms with van der Waals surface area (Å²) in [5, 5.41) is 0. The number of likely N-dealkylation sites (tertiary alicyclic amines) is 1. The van der Waals surface area contributed by atoms with Crippen LogP contribution in [0.3, 0.4) is 0 Å². The van der Waals surface area contributed by atoms with E-state index in [-0.39, 0.29) is 32.7 Å². The summed E-state index contributed by atoms with van der Waals surface area (Å²) < 4.78 is 13.1. The van der Waals surface area contributed by atoms with Gasteiger partial charge in [-0.1, -0.05) is 48.5 Å². The number of benzene rings is 2. The minimum Gasteiger partial charge on any atom is -0.487 e. The van der Waals surface area contributed by atoms with E-state index < -0.39 is 0 Å². The molecule has 0 aliphatic carbocycles. The number of quaternary nitrogens is 1. The van der Waals surface area contributed by atoms with Gasteiger partial charge in [-0.25, -0.2) is 0 Å². The monoisotopic (exact) mass is 457 g/mol. The van der Waals surface area contributed by atoms with Crippen molar-refractivity contribution in [2.45, 2.75) is 45.8 Å². The molecule has 1 saturated heterocycles. The fraction of sp³-hybridized carbons (Fsp3) is 0.500. The fourth-order valence-electron chi connectivity index (χ4n) is 4.36. The third-order valence-corrected chi connectivity index (χ3v) is 6.00. The molecule has 0 amide bonds. The average molecular weight is 457 g/mol. The number of rotatable bonds is 7. The number of hydrogen-bond donors (Lipinski definition) is 0. The first-order valence-corrected chi connectivity index (χ1v) is 10.2. The van der Waals surface area contributed by atoms with Crippen molar-refractivity contribution in [3.8, 4) is 5.75 Å². The zero-order valence-corrected chi connectivity index (χ0v) is 20.5. The molecule has 1 aliphatic rings. The van der Waals surface area contributed by atoms with Crippen molar-refractivity contribution in [2.24, 2.45) is 0 Å². The molecule has 1 radical (unpaired) electrons. The molecule has 1 aliphatic heterocycles. The summed E-state index contributed by atoms with van der Waals surface area (Å²) in [7, 11) is 1.85. The molecule has 28 heavy (non-hydrogen) atoms. The van der Waals surface area contributed by atoms with Crippen LogP contribution in [-0.2, 0) is 44.0 Å². The van der Waals surface area contributed by atoms with Gasteiger partial charge in [0.15, 0.2) is 0 Å². The summed E-state index contributed by atoms with van der Waals surface area (Å²) in [4.78, 5) is 0. The molecule has 4 heteroatoms. The van der Waals surface area contributed by atoms with E-state index in [1.165, 1.54) is 36.1 Å². The summed E-state index contributed by atoms with van der Waals surface area (Å²) in [6.45, 7) is 9.49. The third kappa shape index (κ3) is 6.39. The minimum absolute atomic E-state index is 0. The largest absolute Gasteiger partial charge is 0.487 e. The van der Waals surface area contributed by atoms with E-state index in [2.05, 4.69) is 62.4 Å². The van der Waals surface area contributed by atoms with E-state index in [0.29, 0.717) is 6.10 Å². The molecule has 1 fully saturated rings. The second-order valence-electron chi connectivity index (χ2n) is 8.01. The minimum atomic E-state index is 0. The van der Waals surface area contributed by atoms with Crippen LogP contribution >= 0.6 is 0 Å². The molecule has 0 spiro atoms. The number of aryl methyl sites for hydroxylation is 2. The second kappa shape index (κ2) is 11.4. The molecule has 2 unspecified atom stereocenters. The first-order valence-electron chi connectivity index (χ1n) is 10.2. The Balaban J connectivity index is 0.00000280. The van der Waals surface area contributed by atoms with Gasteiger partial charge in [0.05, 0.1) is 19.2 Å². The standard InChI is InChI=1S/C24H34NO2.Y/c1-20-9-7-10-21(2)24(20)27-18-17-25(19-22-11-5-4-6-12-22)15-8-13-23(26-3)14-16-25;/h4-7,9-12,23H,8,13-19H2,1-3H3;/q+1;. The van der Waals surface area contributed by atoms with Gasteiger partial charge in [0.1, 0.15) is 25.4 Å². The predicted octanol–water partition coefficient (Wildman–Crippen LogP) is 4.90. The van der Waals surface area contributed by atoms with Crippen LogP contribution in [0, 0.1) is 13.8 Å². The van der Waals surface area contributed by atoms with Crippen molar-refractivity contribution < 1.29 is 46.7 Å². The van der Waals surface area contributed by atoms with E-state index in [0.717, 1.165) is 42.9 Å². The van der Waals surface area contributed by atoms with E-state index in [9.17, 15) is 0 Å². The van der Waals surface area contributed by atoms with Crippen LogP contribution in [0.15, 0.2) is 48.5 Å². The van der Waals surface area contributed by atoms with E-state index in [1.807, 2.05) is 7.11 Å². The topological polar surface area (TPSA) is 18.5 Å². The zero-order chi connectivity index (χ0) is 19.1. The summed E-state index contributed by atoms with van der Waals surface area (Å²) in [6, 6.07) is 17.3. The van der Waals surface area contributed by atoms with Gasteiger partial charge >= 0.3 is 0 Å². The Labute approximate surface area is 195 Å². The summed E-state index contributed by atoms with van der Waals surface area (Å²) in [6.07, 6.45) is 3.92. The Bertz CT molecular complexity index is 702. The second-order valence-corrected chi connectivity index (χ2v) is 8.01. The van der Waals surface area contributed by atoms with Crippen molar-refractivity contribution in [3.63, 3.8) is 0 Å². The van der Waals surface area contributed by atoms with Crippen LogP contribution in [0.1, 0.15) is 36.0 Å². The molecular formula is C24H34NO2Y+. The van der Waals surface area contributed by atoms with Gasteiger partial charge in [-0.3, -0.25) is 0 Å². The third-order valence-electron chi connectivity index (χ3n) is 6.00. The summed E-state index contributed by atoms with van der Waals surface area (Å²) >= 11 is 0. The normalized spacial score (nSPS) is 22.2. The van der Waals surface area contributed by atoms with Crippen molar-refractivity contribution in [3.05, 3.63) is 65.2 Å². The molecule has 0 saturated carbocycles. The quantitative estimate of drug-likeness (QED) is 0.551. The van der Waals surface area contributed by atoms with E-state index in [1.54, 1.807) is 0 Å². The van der Waals surface area contributed by atoms with Gasteiger partial charge in [-0.2, -0.15) is 0 Å². The number of para-hydroxylation sites is 1. The maximum Gasteiger partial charge on any atom is 0.137 e. The van der Waals surface area contributed by atoms with Crippen LogP contribution < -0.4 is 4.74 Å². The molecule has 3 nitrogen and oxygen atoms in total. The molecule has 0 aromatic heterocycles. The van der Waals surface area contributed by atoms with Gasteiger partial charge in [-0.15, -0.1) is 0 Å². The maximum absolute atomic E-state index is 6.28. The summed E-state index contributed by atoms with van der Waals surface area (Å²) in [5.41, 5.74) is 3.86. The van der Waals surface area contributed by atoms with Crippen molar-refractivity contribution >= 4 is 0 Å².